The molecule has 1 rings (SSSR count). The van der Waals surface area contributed by atoms with Crippen molar-refractivity contribution in [3.63, 3.8) is 0 Å². The van der Waals surface area contributed by atoms with E-state index >= 15 is 0 Å². The fourth-order valence-electron chi connectivity index (χ4n) is 1.96. The Kier molecular flexibility index (Phi) is 5.54. The highest BCUT2D eigenvalue weighted by atomic mass is 16.1. The van der Waals surface area contributed by atoms with Crippen molar-refractivity contribution in [3.8, 4) is 6.07 Å². The van der Waals surface area contributed by atoms with Gasteiger partial charge in [-0.25, -0.2) is 0 Å². The molecule has 96 valence electrons. The van der Waals surface area contributed by atoms with Crippen LogP contribution >= 0.6 is 0 Å². The molecule has 1 aromatic carbocycles. The van der Waals surface area contributed by atoms with E-state index in [1.165, 1.54) is 0 Å². The molecule has 0 aromatic heterocycles. The number of nitrogens with zero attached hydrogens (tertiary/aromatic N) is 2. The summed E-state index contributed by atoms with van der Waals surface area (Å²) in [5.41, 5.74) is 0.730. The van der Waals surface area contributed by atoms with Crippen molar-refractivity contribution in [3.05, 3.63) is 35.9 Å². The Morgan fingerprint density at radius 2 is 1.94 bits per heavy atom. The van der Waals surface area contributed by atoms with Crippen LogP contribution < -0.4 is 0 Å². The van der Waals surface area contributed by atoms with Crippen molar-refractivity contribution in [1.82, 2.24) is 4.90 Å². The highest BCUT2D eigenvalue weighted by Gasteiger charge is 2.22. The summed E-state index contributed by atoms with van der Waals surface area (Å²) >= 11 is 0. The Morgan fingerprint density at radius 1 is 1.33 bits per heavy atom. The van der Waals surface area contributed by atoms with Crippen molar-refractivity contribution in [2.75, 3.05) is 13.1 Å². The van der Waals surface area contributed by atoms with E-state index in [1.54, 1.807) is 0 Å². The van der Waals surface area contributed by atoms with Gasteiger partial charge in [0.15, 0.2) is 5.78 Å². The lowest BCUT2D eigenvalue weighted by Gasteiger charge is -2.27. The highest BCUT2D eigenvalue weighted by Crippen LogP contribution is 2.10. The van der Waals surface area contributed by atoms with Crippen molar-refractivity contribution in [2.24, 2.45) is 5.92 Å². The zero-order chi connectivity index (χ0) is 13.5. The van der Waals surface area contributed by atoms with Crippen LogP contribution in [-0.2, 0) is 0 Å². The van der Waals surface area contributed by atoms with Crippen LogP contribution in [0, 0.1) is 17.2 Å². The number of carbonyl (C=O) groups is 1. The molecule has 0 heterocycles. The molecule has 0 radical (unpaired) electrons. The van der Waals surface area contributed by atoms with Gasteiger partial charge in [-0.2, -0.15) is 5.26 Å². The fraction of sp³-hybridized carbons (Fsp3) is 0.467. The van der Waals surface area contributed by atoms with E-state index in [4.69, 9.17) is 5.26 Å². The highest BCUT2D eigenvalue weighted by molar-refractivity contribution is 5.99. The SMILES string of the molecule is CCN(CC(C)C#N)C(C)C(=O)c1ccccc1. The molecule has 3 heteroatoms. The van der Waals surface area contributed by atoms with Crippen LogP contribution in [0.3, 0.4) is 0 Å². The lowest BCUT2D eigenvalue weighted by Crippen LogP contribution is -2.41. The summed E-state index contributed by atoms with van der Waals surface area (Å²) in [6.45, 7) is 7.20. The second-order valence-corrected chi connectivity index (χ2v) is 4.52. The molecular formula is C15H20N2O. The maximum Gasteiger partial charge on any atom is 0.179 e. The maximum atomic E-state index is 12.3. The van der Waals surface area contributed by atoms with E-state index in [-0.39, 0.29) is 17.7 Å². The first kappa shape index (κ1) is 14.4. The van der Waals surface area contributed by atoms with E-state index in [0.29, 0.717) is 6.54 Å². The topological polar surface area (TPSA) is 44.1 Å². The predicted octanol–water partition coefficient (Wildman–Crippen LogP) is 2.74. The van der Waals surface area contributed by atoms with Gasteiger partial charge in [-0.1, -0.05) is 37.3 Å². The van der Waals surface area contributed by atoms with Crippen LogP contribution in [0.5, 0.6) is 0 Å². The third-order valence-electron chi connectivity index (χ3n) is 3.12. The summed E-state index contributed by atoms with van der Waals surface area (Å²) in [6, 6.07) is 11.3. The molecule has 18 heavy (non-hydrogen) atoms. The molecule has 2 atom stereocenters. The molecule has 0 bridgehead atoms. The Balaban J connectivity index is 2.76. The number of ketones is 1. The van der Waals surface area contributed by atoms with Gasteiger partial charge in [-0.15, -0.1) is 0 Å². The molecule has 0 fully saturated rings. The summed E-state index contributed by atoms with van der Waals surface area (Å²) in [4.78, 5) is 14.3. The minimum absolute atomic E-state index is 0.0593. The van der Waals surface area contributed by atoms with Crippen LogP contribution in [0.25, 0.3) is 0 Å². The number of hydrogen-bond donors (Lipinski definition) is 0. The van der Waals surface area contributed by atoms with Crippen LogP contribution in [-0.4, -0.2) is 29.8 Å². The van der Waals surface area contributed by atoms with Crippen molar-refractivity contribution in [2.45, 2.75) is 26.8 Å². The number of carbonyl (C=O) groups excluding carboxylic acids is 1. The third-order valence-corrected chi connectivity index (χ3v) is 3.12. The maximum absolute atomic E-state index is 12.3. The minimum Gasteiger partial charge on any atom is -0.292 e. The average molecular weight is 244 g/mol. The first-order chi connectivity index (χ1) is 8.60. The van der Waals surface area contributed by atoms with Gasteiger partial charge in [0.2, 0.25) is 0 Å². The molecule has 1 aromatic rings. The van der Waals surface area contributed by atoms with Gasteiger partial charge in [-0.05, 0) is 20.4 Å². The second kappa shape index (κ2) is 6.93. The van der Waals surface area contributed by atoms with E-state index < -0.39 is 0 Å². The molecule has 2 unspecified atom stereocenters. The Bertz CT molecular complexity index is 422. The normalized spacial score (nSPS) is 13.9. The van der Waals surface area contributed by atoms with Gasteiger partial charge < -0.3 is 0 Å². The smallest absolute Gasteiger partial charge is 0.179 e. The van der Waals surface area contributed by atoms with E-state index in [0.717, 1.165) is 12.1 Å². The summed E-state index contributed by atoms with van der Waals surface area (Å²) in [7, 11) is 0. The quantitative estimate of drug-likeness (QED) is 0.723. The molecule has 0 aliphatic heterocycles. The van der Waals surface area contributed by atoms with E-state index in [1.807, 2.05) is 56.0 Å². The Morgan fingerprint density at radius 3 is 2.44 bits per heavy atom. The lowest BCUT2D eigenvalue weighted by molar-refractivity contribution is 0.0835. The molecular weight excluding hydrogens is 224 g/mol. The van der Waals surface area contributed by atoms with Crippen LogP contribution in [0.1, 0.15) is 31.1 Å². The lowest BCUT2D eigenvalue weighted by atomic mass is 10.0. The Labute approximate surface area is 109 Å². The van der Waals surface area contributed by atoms with Gasteiger partial charge in [-0.3, -0.25) is 9.69 Å². The summed E-state index contributed by atoms with van der Waals surface area (Å²) in [6.07, 6.45) is 0. The molecule has 0 spiro atoms. The molecule has 0 saturated carbocycles. The first-order valence-electron chi connectivity index (χ1n) is 6.33. The number of hydrogen-bond acceptors (Lipinski definition) is 3. The van der Waals surface area contributed by atoms with Gasteiger partial charge in [0.05, 0.1) is 18.0 Å². The fourth-order valence-corrected chi connectivity index (χ4v) is 1.96. The largest absolute Gasteiger partial charge is 0.292 e. The standard InChI is InChI=1S/C15H20N2O/c1-4-17(11-12(2)10-16)13(3)15(18)14-8-6-5-7-9-14/h5-9,12-13H,4,11H2,1-3H3. The van der Waals surface area contributed by atoms with Crippen molar-refractivity contribution < 1.29 is 4.79 Å². The molecule has 0 amide bonds. The number of rotatable bonds is 6. The van der Waals surface area contributed by atoms with Gasteiger partial charge >= 0.3 is 0 Å². The second-order valence-electron chi connectivity index (χ2n) is 4.52. The van der Waals surface area contributed by atoms with Crippen LogP contribution in [0.2, 0.25) is 0 Å². The molecule has 0 aliphatic rings. The van der Waals surface area contributed by atoms with Gasteiger partial charge in [0.1, 0.15) is 0 Å². The van der Waals surface area contributed by atoms with Crippen LogP contribution in [0.15, 0.2) is 30.3 Å². The van der Waals surface area contributed by atoms with E-state index in [9.17, 15) is 4.79 Å². The van der Waals surface area contributed by atoms with Gasteiger partial charge in [0.25, 0.3) is 0 Å². The minimum atomic E-state index is -0.187. The van der Waals surface area contributed by atoms with Crippen LogP contribution in [0.4, 0.5) is 0 Å². The molecule has 0 N–H and O–H groups in total. The number of likely N-dealkylation sites (N-methyl/N-ethyl adjacent to an activating group) is 1. The molecule has 3 nitrogen and oxygen atoms in total. The zero-order valence-corrected chi connectivity index (χ0v) is 11.3. The van der Waals surface area contributed by atoms with Crippen molar-refractivity contribution >= 4 is 5.78 Å². The number of Topliss-reactive ketones (excluding diaryl/α,β-unsaturated/α-hetero) is 1. The number of benzene rings is 1. The zero-order valence-electron chi connectivity index (χ0n) is 11.3. The average Bonchev–Trinajstić information content (AvgIpc) is 2.43. The molecule has 0 saturated heterocycles. The Hall–Kier alpha value is -1.66. The third kappa shape index (κ3) is 3.68. The molecule has 0 aliphatic carbocycles. The first-order valence-corrected chi connectivity index (χ1v) is 6.33. The van der Waals surface area contributed by atoms with E-state index in [2.05, 4.69) is 6.07 Å². The summed E-state index contributed by atoms with van der Waals surface area (Å²) in [5.74, 6) is 0.0542. The van der Waals surface area contributed by atoms with Gasteiger partial charge in [0, 0.05) is 12.1 Å². The summed E-state index contributed by atoms with van der Waals surface area (Å²) < 4.78 is 0. The monoisotopic (exact) mass is 244 g/mol. The van der Waals surface area contributed by atoms with Crippen molar-refractivity contribution in [1.29, 1.82) is 5.26 Å². The predicted molar refractivity (Wildman–Crippen MR) is 72.3 cm³/mol. The summed E-state index contributed by atoms with van der Waals surface area (Å²) in [5, 5.41) is 8.86. The number of nitriles is 1.